The molecule has 0 saturated heterocycles. The van der Waals surface area contributed by atoms with Crippen molar-refractivity contribution < 1.29 is 28.5 Å². The number of ether oxygens (including phenoxy) is 4. The van der Waals surface area contributed by atoms with Gasteiger partial charge >= 0.3 is 11.9 Å². The van der Waals surface area contributed by atoms with Crippen molar-refractivity contribution in [3.63, 3.8) is 0 Å². The van der Waals surface area contributed by atoms with Gasteiger partial charge in [0.1, 0.15) is 23.0 Å². The molecular formula is C48H58N2O6. The van der Waals surface area contributed by atoms with Crippen LogP contribution < -0.4 is 28.7 Å². The molecular weight excluding hydrogens is 701 g/mol. The maximum Gasteiger partial charge on any atom is 0.311 e. The maximum absolute atomic E-state index is 12.5. The Morgan fingerprint density at radius 2 is 0.893 bits per heavy atom. The molecule has 2 heterocycles. The molecule has 0 unspecified atom stereocenters. The summed E-state index contributed by atoms with van der Waals surface area (Å²) in [4.78, 5) is 29.3. The van der Waals surface area contributed by atoms with E-state index >= 15 is 0 Å². The number of carbonyl (C=O) groups excluding carboxylic acids is 2. The summed E-state index contributed by atoms with van der Waals surface area (Å²) >= 11 is 0. The summed E-state index contributed by atoms with van der Waals surface area (Å²) in [5.74, 6) is 2.53. The number of benzene rings is 4. The lowest BCUT2D eigenvalue weighted by Crippen LogP contribution is -2.31. The van der Waals surface area contributed by atoms with Crippen LogP contribution in [0.2, 0.25) is 0 Å². The molecule has 0 fully saturated rings. The lowest BCUT2D eigenvalue weighted by Gasteiger charge is -2.30. The molecule has 0 N–H and O–H groups in total. The van der Waals surface area contributed by atoms with Crippen LogP contribution in [0.4, 0.5) is 11.4 Å². The molecule has 0 aliphatic carbocycles. The molecule has 6 rings (SSSR count). The van der Waals surface area contributed by atoms with Gasteiger partial charge in [-0.05, 0) is 99.2 Å². The Labute approximate surface area is 333 Å². The van der Waals surface area contributed by atoms with Crippen LogP contribution in [0.1, 0.15) is 114 Å². The van der Waals surface area contributed by atoms with Gasteiger partial charge in [0.2, 0.25) is 0 Å². The first-order valence-electron chi connectivity index (χ1n) is 20.8. The van der Waals surface area contributed by atoms with E-state index in [1.165, 1.54) is 38.5 Å². The quantitative estimate of drug-likeness (QED) is 0.0339. The summed E-state index contributed by atoms with van der Waals surface area (Å²) < 4.78 is 23.2. The molecule has 0 spiro atoms. The smallest absolute Gasteiger partial charge is 0.311 e. The fraction of sp³-hybridized carbons (Fsp3) is 0.417. The van der Waals surface area contributed by atoms with Crippen LogP contribution in [0.25, 0.3) is 0 Å². The van der Waals surface area contributed by atoms with Gasteiger partial charge in [0.25, 0.3) is 0 Å². The third-order valence-corrected chi connectivity index (χ3v) is 10.4. The van der Waals surface area contributed by atoms with Gasteiger partial charge < -0.3 is 28.7 Å². The van der Waals surface area contributed by atoms with Crippen LogP contribution in [0.15, 0.2) is 109 Å². The third kappa shape index (κ3) is 13.2. The standard InChI is InChI=1S/C48H58N2O6/c51-47(55-43-29-31-45-39(33-43)35-49(37-53-45)41-23-17-15-18-24-41)27-21-13-11-9-7-5-3-1-2-4-6-8-10-12-14-22-28-48(52)56-44-30-32-46-40(34-44)36-50(38-54-46)42-25-19-16-20-26-42/h1-2,15-20,23-26,29-34H,3-14,21-22,27-28,35-38H2/b2-1+. The molecule has 0 aromatic heterocycles. The predicted octanol–water partition coefficient (Wildman–Crippen LogP) is 11.7. The lowest BCUT2D eigenvalue weighted by atomic mass is 10.1. The van der Waals surface area contributed by atoms with Crippen molar-refractivity contribution in [2.45, 2.75) is 116 Å². The summed E-state index contributed by atoms with van der Waals surface area (Å²) in [6.07, 6.45) is 21.3. The normalized spacial score (nSPS) is 13.4. The Kier molecular flexibility index (Phi) is 16.1. The van der Waals surface area contributed by atoms with Gasteiger partial charge in [-0.25, -0.2) is 0 Å². The van der Waals surface area contributed by atoms with Gasteiger partial charge in [0.05, 0.1) is 0 Å². The van der Waals surface area contributed by atoms with Crippen molar-refractivity contribution >= 4 is 23.3 Å². The van der Waals surface area contributed by atoms with Crippen LogP contribution in [0.5, 0.6) is 23.0 Å². The Bertz CT molecular complexity index is 1700. The second kappa shape index (κ2) is 22.3. The summed E-state index contributed by atoms with van der Waals surface area (Å²) in [7, 11) is 0. The van der Waals surface area contributed by atoms with E-state index in [0.29, 0.717) is 37.8 Å². The van der Waals surface area contributed by atoms with Crippen LogP contribution >= 0.6 is 0 Å². The summed E-state index contributed by atoms with van der Waals surface area (Å²) in [6, 6.07) is 31.7. The number of unbranched alkanes of at least 4 members (excludes halogenated alkanes) is 12. The number of esters is 2. The number of fused-ring (bicyclic) bond motifs is 2. The van der Waals surface area contributed by atoms with Crippen LogP contribution in [-0.2, 0) is 22.7 Å². The van der Waals surface area contributed by atoms with Crippen molar-refractivity contribution in [3.05, 3.63) is 120 Å². The van der Waals surface area contributed by atoms with E-state index in [-0.39, 0.29) is 11.9 Å². The average Bonchev–Trinajstić information content (AvgIpc) is 3.23. The molecule has 0 radical (unpaired) electrons. The SMILES string of the molecule is O=C(CCCCCCCC/C=C/CCCCCCCCC(=O)Oc1ccc2c(c1)CN(c1ccccc1)CO2)Oc1ccc2c(c1)CN(c1ccccc1)CO2. The molecule has 0 saturated carbocycles. The van der Waals surface area contributed by atoms with Crippen molar-refractivity contribution in [2.24, 2.45) is 0 Å². The largest absolute Gasteiger partial charge is 0.473 e. The molecule has 4 aromatic rings. The molecule has 8 heteroatoms. The van der Waals surface area contributed by atoms with E-state index in [1.54, 1.807) is 0 Å². The minimum Gasteiger partial charge on any atom is -0.473 e. The van der Waals surface area contributed by atoms with Crippen molar-refractivity contribution in [1.29, 1.82) is 0 Å². The van der Waals surface area contributed by atoms with Gasteiger partial charge in [-0.3, -0.25) is 9.59 Å². The van der Waals surface area contributed by atoms with E-state index in [4.69, 9.17) is 18.9 Å². The van der Waals surface area contributed by atoms with Gasteiger partial charge in [-0.15, -0.1) is 0 Å². The summed E-state index contributed by atoms with van der Waals surface area (Å²) in [6.45, 7) is 2.44. The zero-order valence-electron chi connectivity index (χ0n) is 32.9. The zero-order chi connectivity index (χ0) is 38.6. The number of nitrogens with zero attached hydrogens (tertiary/aromatic N) is 2. The first-order chi connectivity index (χ1) is 27.6. The molecule has 56 heavy (non-hydrogen) atoms. The van der Waals surface area contributed by atoms with Crippen LogP contribution in [0.3, 0.4) is 0 Å². The van der Waals surface area contributed by atoms with Gasteiger partial charge in [-0.2, -0.15) is 0 Å². The van der Waals surface area contributed by atoms with Gasteiger partial charge in [0.15, 0.2) is 13.5 Å². The van der Waals surface area contributed by atoms with Crippen molar-refractivity contribution in [1.82, 2.24) is 0 Å². The second-order valence-corrected chi connectivity index (χ2v) is 14.9. The zero-order valence-corrected chi connectivity index (χ0v) is 32.9. The summed E-state index contributed by atoms with van der Waals surface area (Å²) in [5.41, 5.74) is 4.26. The van der Waals surface area contributed by atoms with E-state index in [9.17, 15) is 9.59 Å². The fourth-order valence-electron chi connectivity index (χ4n) is 7.25. The number of rotatable bonds is 22. The van der Waals surface area contributed by atoms with Gasteiger partial charge in [-0.1, -0.05) is 99.9 Å². The highest BCUT2D eigenvalue weighted by Crippen LogP contribution is 2.33. The molecule has 2 aliphatic rings. The predicted molar refractivity (Wildman–Crippen MR) is 223 cm³/mol. The highest BCUT2D eigenvalue weighted by atomic mass is 16.5. The number of para-hydroxylation sites is 2. The maximum atomic E-state index is 12.5. The van der Waals surface area contributed by atoms with E-state index < -0.39 is 0 Å². The second-order valence-electron chi connectivity index (χ2n) is 14.9. The monoisotopic (exact) mass is 758 g/mol. The lowest BCUT2D eigenvalue weighted by molar-refractivity contribution is -0.135. The van der Waals surface area contributed by atoms with Crippen LogP contribution in [-0.4, -0.2) is 25.4 Å². The third-order valence-electron chi connectivity index (χ3n) is 10.4. The highest BCUT2D eigenvalue weighted by molar-refractivity contribution is 5.73. The van der Waals surface area contributed by atoms with E-state index in [0.717, 1.165) is 98.5 Å². The Morgan fingerprint density at radius 1 is 0.500 bits per heavy atom. The highest BCUT2D eigenvalue weighted by Gasteiger charge is 2.20. The summed E-state index contributed by atoms with van der Waals surface area (Å²) in [5, 5.41) is 0. The van der Waals surface area contributed by atoms with Crippen molar-refractivity contribution in [2.75, 3.05) is 23.3 Å². The number of hydrogen-bond donors (Lipinski definition) is 0. The molecule has 0 amide bonds. The van der Waals surface area contributed by atoms with E-state index in [1.807, 2.05) is 72.8 Å². The molecule has 8 nitrogen and oxygen atoms in total. The molecule has 2 aliphatic heterocycles. The van der Waals surface area contributed by atoms with Crippen LogP contribution in [0, 0.1) is 0 Å². The number of hydrogen-bond acceptors (Lipinski definition) is 8. The van der Waals surface area contributed by atoms with E-state index in [2.05, 4.69) is 46.2 Å². The molecule has 0 bridgehead atoms. The minimum atomic E-state index is -0.168. The molecule has 0 atom stereocenters. The Balaban J connectivity index is 0.711. The minimum absolute atomic E-state index is 0.168. The molecule has 4 aromatic carbocycles. The topological polar surface area (TPSA) is 77.5 Å². The fourth-order valence-corrected chi connectivity index (χ4v) is 7.25. The number of allylic oxidation sites excluding steroid dienone is 2. The first-order valence-corrected chi connectivity index (χ1v) is 20.8. The Hall–Kier alpha value is -5.24. The van der Waals surface area contributed by atoms with Crippen molar-refractivity contribution in [3.8, 4) is 23.0 Å². The average molecular weight is 759 g/mol. The van der Waals surface area contributed by atoms with Gasteiger partial charge in [0, 0.05) is 48.4 Å². The number of anilines is 2. The number of carbonyl (C=O) groups is 2. The first kappa shape index (κ1) is 40.4. The Morgan fingerprint density at radius 3 is 1.32 bits per heavy atom. The molecule has 296 valence electrons.